The van der Waals surface area contributed by atoms with Crippen molar-refractivity contribution < 1.29 is 12.6 Å². The second-order valence-corrected chi connectivity index (χ2v) is 7.62. The molecule has 1 aliphatic carbocycles. The van der Waals surface area contributed by atoms with Crippen LogP contribution < -0.4 is 0 Å². The molecule has 23 heavy (non-hydrogen) atoms. The van der Waals surface area contributed by atoms with Crippen molar-refractivity contribution in [2.24, 2.45) is 0 Å². The third-order valence-corrected chi connectivity index (χ3v) is 5.68. The van der Waals surface area contributed by atoms with E-state index in [4.69, 9.17) is 4.18 Å². The van der Waals surface area contributed by atoms with Gasteiger partial charge in [0.1, 0.15) is 0 Å². The van der Waals surface area contributed by atoms with Gasteiger partial charge in [0.05, 0.1) is 11.0 Å². The lowest BCUT2D eigenvalue weighted by atomic mass is 9.84. The zero-order valence-corrected chi connectivity index (χ0v) is 14.0. The minimum atomic E-state index is -3.75. The molecule has 1 fully saturated rings. The molecule has 3 rings (SSSR count). The predicted octanol–water partition coefficient (Wildman–Crippen LogP) is 3.82. The van der Waals surface area contributed by atoms with Crippen LogP contribution in [0.1, 0.15) is 42.9 Å². The normalized spacial score (nSPS) is 22.0. The van der Waals surface area contributed by atoms with Crippen LogP contribution in [0.3, 0.4) is 0 Å². The first-order chi connectivity index (χ1) is 11.1. The van der Waals surface area contributed by atoms with Crippen molar-refractivity contribution in [3.05, 3.63) is 59.9 Å². The van der Waals surface area contributed by atoms with E-state index in [1.54, 1.807) is 30.5 Å². The molecule has 0 bridgehead atoms. The Bertz CT molecular complexity index is 742. The van der Waals surface area contributed by atoms with E-state index in [9.17, 15) is 8.42 Å². The smallest absolute Gasteiger partial charge is 0.262 e. The second kappa shape index (κ2) is 6.81. The fraction of sp³-hybridized carbons (Fsp3) is 0.389. The Morgan fingerprint density at radius 3 is 2.48 bits per heavy atom. The first kappa shape index (κ1) is 16.1. The van der Waals surface area contributed by atoms with Gasteiger partial charge in [-0.2, -0.15) is 8.42 Å². The monoisotopic (exact) mass is 331 g/mol. The molecule has 0 saturated heterocycles. The molecule has 2 atom stereocenters. The summed E-state index contributed by atoms with van der Waals surface area (Å²) in [6.07, 6.45) is 5.11. The summed E-state index contributed by atoms with van der Waals surface area (Å²) < 4.78 is 30.7. The molecule has 1 aromatic carbocycles. The van der Waals surface area contributed by atoms with Gasteiger partial charge in [0.15, 0.2) is 0 Å². The number of aryl methyl sites for hydroxylation is 1. The maximum Gasteiger partial charge on any atom is 0.297 e. The third-order valence-electron chi connectivity index (χ3n) is 4.33. The zero-order chi connectivity index (χ0) is 16.3. The largest absolute Gasteiger partial charge is 0.297 e. The summed E-state index contributed by atoms with van der Waals surface area (Å²) in [6.45, 7) is 1.93. The van der Waals surface area contributed by atoms with Gasteiger partial charge in [-0.3, -0.25) is 9.17 Å². The summed E-state index contributed by atoms with van der Waals surface area (Å²) >= 11 is 0. The average Bonchev–Trinajstić information content (AvgIpc) is 2.56. The van der Waals surface area contributed by atoms with Gasteiger partial charge < -0.3 is 0 Å². The SMILES string of the molecule is Cc1ccc(S(=O)(=O)O[C@@H]2CCCC[C@@H]2c2ccccn2)cc1. The van der Waals surface area contributed by atoms with Gasteiger partial charge in [-0.05, 0) is 44.0 Å². The fourth-order valence-electron chi connectivity index (χ4n) is 3.07. The Hall–Kier alpha value is -1.72. The molecule has 0 radical (unpaired) electrons. The van der Waals surface area contributed by atoms with Crippen LogP contribution in [0.5, 0.6) is 0 Å². The van der Waals surface area contributed by atoms with E-state index in [1.807, 2.05) is 25.1 Å². The number of pyridine rings is 1. The maximum absolute atomic E-state index is 12.5. The molecular formula is C18H21NO3S. The molecule has 0 unspecified atom stereocenters. The van der Waals surface area contributed by atoms with Gasteiger partial charge in [0.2, 0.25) is 0 Å². The van der Waals surface area contributed by atoms with Gasteiger partial charge in [-0.1, -0.05) is 36.6 Å². The highest BCUT2D eigenvalue weighted by Gasteiger charge is 2.32. The number of nitrogens with zero attached hydrogens (tertiary/aromatic N) is 1. The van der Waals surface area contributed by atoms with Gasteiger partial charge in [0, 0.05) is 17.8 Å². The van der Waals surface area contributed by atoms with E-state index in [1.165, 1.54) is 0 Å². The Balaban J connectivity index is 1.83. The fourth-order valence-corrected chi connectivity index (χ4v) is 4.21. The zero-order valence-electron chi connectivity index (χ0n) is 13.2. The van der Waals surface area contributed by atoms with Crippen LogP contribution in [0.4, 0.5) is 0 Å². The van der Waals surface area contributed by atoms with E-state index < -0.39 is 10.1 Å². The topological polar surface area (TPSA) is 56.3 Å². The second-order valence-electron chi connectivity index (χ2n) is 6.05. The lowest BCUT2D eigenvalue weighted by Crippen LogP contribution is -2.29. The number of hydrogen-bond donors (Lipinski definition) is 0. The first-order valence-corrected chi connectivity index (χ1v) is 9.38. The molecule has 0 N–H and O–H groups in total. The highest BCUT2D eigenvalue weighted by Crippen LogP contribution is 2.35. The van der Waals surface area contributed by atoms with Gasteiger partial charge in [-0.25, -0.2) is 0 Å². The highest BCUT2D eigenvalue weighted by molar-refractivity contribution is 7.86. The van der Waals surface area contributed by atoms with Gasteiger partial charge in [-0.15, -0.1) is 0 Å². The molecule has 0 spiro atoms. The molecule has 2 aromatic rings. The number of rotatable bonds is 4. The quantitative estimate of drug-likeness (QED) is 0.799. The van der Waals surface area contributed by atoms with Crippen molar-refractivity contribution in [2.45, 2.75) is 49.5 Å². The lowest BCUT2D eigenvalue weighted by Gasteiger charge is -2.30. The van der Waals surface area contributed by atoms with Crippen LogP contribution in [-0.2, 0) is 14.3 Å². The molecule has 1 aromatic heterocycles. The Morgan fingerprint density at radius 2 is 1.78 bits per heavy atom. The average molecular weight is 331 g/mol. The van der Waals surface area contributed by atoms with E-state index >= 15 is 0 Å². The molecule has 1 saturated carbocycles. The van der Waals surface area contributed by atoms with Crippen LogP contribution in [0.15, 0.2) is 53.6 Å². The summed E-state index contributed by atoms with van der Waals surface area (Å²) in [5, 5.41) is 0. The summed E-state index contributed by atoms with van der Waals surface area (Å²) in [7, 11) is -3.75. The van der Waals surface area contributed by atoms with Crippen LogP contribution in [0.2, 0.25) is 0 Å². The van der Waals surface area contributed by atoms with Crippen molar-refractivity contribution in [1.29, 1.82) is 0 Å². The molecule has 5 heteroatoms. The summed E-state index contributed by atoms with van der Waals surface area (Å²) in [5.74, 6) is 0.0326. The van der Waals surface area contributed by atoms with Crippen molar-refractivity contribution in [2.75, 3.05) is 0 Å². The molecule has 0 amide bonds. The van der Waals surface area contributed by atoms with E-state index in [0.717, 1.165) is 36.9 Å². The molecule has 1 aliphatic rings. The summed E-state index contributed by atoms with van der Waals surface area (Å²) in [6, 6.07) is 12.5. The van der Waals surface area contributed by atoms with Crippen LogP contribution in [0.25, 0.3) is 0 Å². The summed E-state index contributed by atoms with van der Waals surface area (Å²) in [4.78, 5) is 4.61. The minimum absolute atomic E-state index is 0.0326. The Kier molecular flexibility index (Phi) is 4.78. The van der Waals surface area contributed by atoms with Crippen LogP contribution in [-0.4, -0.2) is 19.5 Å². The lowest BCUT2D eigenvalue weighted by molar-refractivity contribution is 0.135. The first-order valence-electron chi connectivity index (χ1n) is 7.97. The number of benzene rings is 1. The summed E-state index contributed by atoms with van der Waals surface area (Å²) in [5.41, 5.74) is 1.93. The van der Waals surface area contributed by atoms with E-state index in [-0.39, 0.29) is 16.9 Å². The van der Waals surface area contributed by atoms with Crippen LogP contribution >= 0.6 is 0 Å². The predicted molar refractivity (Wildman–Crippen MR) is 88.7 cm³/mol. The van der Waals surface area contributed by atoms with E-state index in [2.05, 4.69) is 4.98 Å². The maximum atomic E-state index is 12.5. The van der Waals surface area contributed by atoms with Crippen LogP contribution in [0, 0.1) is 6.92 Å². The molecule has 122 valence electrons. The highest BCUT2D eigenvalue weighted by atomic mass is 32.2. The Morgan fingerprint density at radius 1 is 1.04 bits per heavy atom. The van der Waals surface area contributed by atoms with Gasteiger partial charge >= 0.3 is 0 Å². The standard InChI is InChI=1S/C18H21NO3S/c1-14-9-11-15(12-10-14)23(20,21)22-18-8-3-2-6-16(18)17-7-4-5-13-19-17/h4-5,7,9-13,16,18H,2-3,6,8H2,1H3/t16-,18-/m1/s1. The molecule has 4 nitrogen and oxygen atoms in total. The van der Waals surface area contributed by atoms with Gasteiger partial charge in [0.25, 0.3) is 10.1 Å². The minimum Gasteiger partial charge on any atom is -0.262 e. The van der Waals surface area contributed by atoms with Crippen molar-refractivity contribution in [3.63, 3.8) is 0 Å². The Labute approximate surface area is 137 Å². The molecule has 0 aliphatic heterocycles. The third kappa shape index (κ3) is 3.79. The van der Waals surface area contributed by atoms with E-state index in [0.29, 0.717) is 0 Å². The number of hydrogen-bond acceptors (Lipinski definition) is 4. The van der Waals surface area contributed by atoms with Crippen molar-refractivity contribution in [1.82, 2.24) is 4.98 Å². The number of aromatic nitrogens is 1. The van der Waals surface area contributed by atoms with Crippen molar-refractivity contribution in [3.8, 4) is 0 Å². The van der Waals surface area contributed by atoms with Crippen molar-refractivity contribution >= 4 is 10.1 Å². The molecular weight excluding hydrogens is 310 g/mol. The molecule has 1 heterocycles.